The van der Waals surface area contributed by atoms with E-state index < -0.39 is 91.5 Å². The number of allylic oxidation sites excluding steroid dienone is 28. The van der Waals surface area contributed by atoms with Crippen molar-refractivity contribution >= 4 is 33.6 Å². The summed E-state index contributed by atoms with van der Waals surface area (Å²) in [6.07, 6.45) is 117. The number of phosphoric acid groups is 2. The Hall–Kier alpha value is -5.09. The third kappa shape index (κ3) is 91.5. The molecule has 0 saturated heterocycles. The fourth-order valence-electron chi connectivity index (χ4n) is 12.4. The Morgan fingerprint density at radius 1 is 0.248 bits per heavy atom. The van der Waals surface area contributed by atoms with Gasteiger partial charge >= 0.3 is 33.6 Å². The highest BCUT2D eigenvalue weighted by Gasteiger charge is 2.29. The lowest BCUT2D eigenvalue weighted by molar-refractivity contribution is -0.161. The van der Waals surface area contributed by atoms with Crippen molar-refractivity contribution in [2.24, 2.45) is 0 Å². The van der Waals surface area contributed by atoms with Gasteiger partial charge in [-0.05, 0) is 161 Å². The number of rotatable bonds is 87. The van der Waals surface area contributed by atoms with Crippen LogP contribution < -0.4 is 0 Å². The molecule has 0 bridgehead atoms. The van der Waals surface area contributed by atoms with E-state index in [0.29, 0.717) is 19.3 Å². The van der Waals surface area contributed by atoms with E-state index in [0.717, 1.165) is 167 Å². The normalized spacial score (nSPS) is 14.6. The molecule has 0 heterocycles. The Kier molecular flexibility index (Phi) is 86.2. The Balaban J connectivity index is 4.64. The summed E-state index contributed by atoms with van der Waals surface area (Å²) in [5.74, 6) is -1.58. The van der Waals surface area contributed by atoms with Crippen molar-refractivity contribution in [2.75, 3.05) is 39.6 Å². The minimum absolute atomic E-state index is 0.0919. The van der Waals surface area contributed by atoms with Crippen molar-refractivity contribution in [1.29, 1.82) is 0 Å². The number of aliphatic hydroxyl groups is 2. The number of hydrogen-bond donors (Lipinski definition) is 4. The zero-order chi connectivity index (χ0) is 85.1. The van der Waals surface area contributed by atoms with Crippen LogP contribution in [0.4, 0.5) is 0 Å². The van der Waals surface area contributed by atoms with Gasteiger partial charge in [-0.2, -0.15) is 0 Å². The van der Waals surface area contributed by atoms with Gasteiger partial charge in [0.05, 0.1) is 26.4 Å². The fraction of sp³-hybridized carbons (Fsp3) is 0.687. The smallest absolute Gasteiger partial charge is 0.463 e. The molecule has 16 nitrogen and oxygen atoms in total. The molecule has 0 aliphatic rings. The predicted molar refractivity (Wildman–Crippen MR) is 491 cm³/mol. The van der Waals surface area contributed by atoms with Crippen molar-refractivity contribution in [3.8, 4) is 0 Å². The first-order valence-electron chi connectivity index (χ1n) is 46.4. The summed E-state index contributed by atoms with van der Waals surface area (Å²) in [5, 5.41) is 20.7. The lowest BCUT2D eigenvalue weighted by Crippen LogP contribution is -2.30. The lowest BCUT2D eigenvalue weighted by atomic mass is 10.0. The van der Waals surface area contributed by atoms with Gasteiger partial charge in [0.1, 0.15) is 25.4 Å². The number of esters is 3. The van der Waals surface area contributed by atoms with Gasteiger partial charge in [-0.1, -0.05) is 371 Å². The highest BCUT2D eigenvalue weighted by molar-refractivity contribution is 7.47. The third-order valence-electron chi connectivity index (χ3n) is 19.4. The van der Waals surface area contributed by atoms with Crippen molar-refractivity contribution in [1.82, 2.24) is 0 Å². The molecule has 0 aliphatic carbocycles. The Bertz CT molecular complexity index is 2810. The van der Waals surface area contributed by atoms with Crippen molar-refractivity contribution in [3.63, 3.8) is 0 Å². The topological polar surface area (TPSA) is 231 Å². The minimum Gasteiger partial charge on any atom is -0.463 e. The van der Waals surface area contributed by atoms with E-state index in [1.807, 2.05) is 0 Å². The second-order valence-corrected chi connectivity index (χ2v) is 33.6. The molecule has 5 unspecified atom stereocenters. The van der Waals surface area contributed by atoms with Crippen LogP contribution in [0.3, 0.4) is 0 Å². The van der Waals surface area contributed by atoms with Gasteiger partial charge in [-0.3, -0.25) is 32.5 Å². The van der Waals surface area contributed by atoms with E-state index in [4.69, 9.17) is 32.3 Å². The SMILES string of the molecule is CC/C=C\C/C=C\C/C=C\C/C=C\C/C=C\C/C=C\CCCCCCCCCCCCCCC(=O)OCC(O)COP(=O)(O)OCC(O)COP(=O)(O)OCC(COC(=O)CCCCCCCCCCC/C=C\C/C=C\C/C=C\C/C=C\CCCCC)OC(=O)CCCCCCCCCCC/C=C\C/C=C\C/C=C\C/C=C\CCCCC. The summed E-state index contributed by atoms with van der Waals surface area (Å²) in [6.45, 7) is 2.54. The molecule has 0 aromatic rings. The second-order valence-electron chi connectivity index (χ2n) is 30.7. The number of unbranched alkanes of at least 4 members (excludes halogenated alkanes) is 36. The van der Waals surface area contributed by atoms with Crippen LogP contribution >= 0.6 is 15.6 Å². The molecular formula is C99H168O16P2. The molecule has 0 amide bonds. The summed E-state index contributed by atoms with van der Waals surface area (Å²) < 4.78 is 61.5. The summed E-state index contributed by atoms with van der Waals surface area (Å²) in [6, 6.07) is 0. The van der Waals surface area contributed by atoms with Gasteiger partial charge in [-0.25, -0.2) is 9.13 Å². The van der Waals surface area contributed by atoms with Crippen LogP contribution in [-0.2, 0) is 55.8 Å². The molecule has 0 fully saturated rings. The molecule has 117 heavy (non-hydrogen) atoms. The maximum absolute atomic E-state index is 13.1. The third-order valence-corrected chi connectivity index (χ3v) is 21.3. The first-order chi connectivity index (χ1) is 57.2. The van der Waals surface area contributed by atoms with Crippen LogP contribution in [0, 0.1) is 0 Å². The van der Waals surface area contributed by atoms with E-state index in [1.165, 1.54) is 154 Å². The molecular weight excluding hydrogens is 1510 g/mol. The molecule has 670 valence electrons. The molecule has 0 aliphatic heterocycles. The van der Waals surface area contributed by atoms with E-state index in [-0.39, 0.29) is 19.3 Å². The monoisotopic (exact) mass is 1680 g/mol. The Morgan fingerprint density at radius 2 is 0.453 bits per heavy atom. The predicted octanol–water partition coefficient (Wildman–Crippen LogP) is 28.7. The molecule has 0 spiro atoms. The van der Waals surface area contributed by atoms with Gasteiger partial charge in [0.25, 0.3) is 0 Å². The average Bonchev–Trinajstić information content (AvgIpc) is 0.784. The van der Waals surface area contributed by atoms with Gasteiger partial charge in [-0.15, -0.1) is 0 Å². The first-order valence-corrected chi connectivity index (χ1v) is 49.4. The number of carbonyl (C=O) groups is 3. The van der Waals surface area contributed by atoms with Crippen molar-refractivity contribution in [3.05, 3.63) is 170 Å². The van der Waals surface area contributed by atoms with Gasteiger partial charge in [0, 0.05) is 19.3 Å². The Labute approximate surface area is 713 Å². The number of aliphatic hydroxyl groups excluding tert-OH is 2. The molecule has 0 radical (unpaired) electrons. The zero-order valence-electron chi connectivity index (χ0n) is 73.8. The van der Waals surface area contributed by atoms with E-state index in [9.17, 15) is 43.5 Å². The van der Waals surface area contributed by atoms with Gasteiger partial charge in [0.2, 0.25) is 0 Å². The van der Waals surface area contributed by atoms with Crippen molar-refractivity contribution < 1.29 is 75.8 Å². The van der Waals surface area contributed by atoms with Gasteiger partial charge in [0.15, 0.2) is 6.10 Å². The Morgan fingerprint density at radius 3 is 0.718 bits per heavy atom. The number of ether oxygens (including phenoxy) is 3. The van der Waals surface area contributed by atoms with Crippen LogP contribution in [-0.4, -0.2) is 95.9 Å². The highest BCUT2D eigenvalue weighted by atomic mass is 31.2. The van der Waals surface area contributed by atoms with Crippen LogP contribution in [0.25, 0.3) is 0 Å². The highest BCUT2D eigenvalue weighted by Crippen LogP contribution is 2.45. The maximum Gasteiger partial charge on any atom is 0.472 e. The molecule has 0 rings (SSSR count). The largest absolute Gasteiger partial charge is 0.472 e. The maximum atomic E-state index is 13.1. The quantitative estimate of drug-likeness (QED) is 0.0146. The average molecular weight is 1680 g/mol. The molecule has 0 saturated carbocycles. The van der Waals surface area contributed by atoms with Crippen molar-refractivity contribution in [2.45, 2.75) is 399 Å². The molecule has 0 aromatic carbocycles. The van der Waals surface area contributed by atoms with E-state index in [2.05, 4.69) is 191 Å². The molecule has 18 heteroatoms. The number of phosphoric ester groups is 2. The van der Waals surface area contributed by atoms with Crippen LogP contribution in [0.15, 0.2) is 170 Å². The molecule has 4 N–H and O–H groups in total. The summed E-state index contributed by atoms with van der Waals surface area (Å²) in [5.41, 5.74) is 0. The first kappa shape index (κ1) is 112. The lowest BCUT2D eigenvalue weighted by Gasteiger charge is -2.21. The summed E-state index contributed by atoms with van der Waals surface area (Å²) >= 11 is 0. The summed E-state index contributed by atoms with van der Waals surface area (Å²) in [7, 11) is -9.82. The van der Waals surface area contributed by atoms with Crippen LogP contribution in [0.5, 0.6) is 0 Å². The standard InChI is InChI=1S/C99H168O16P2/c1-4-7-10-13-16-19-22-25-28-31-34-37-40-43-44-45-46-47-48-51-53-55-58-61-64-67-70-73-76-79-82-85-97(102)109-88-94(100)89-111-116(105,106)112-90-95(101)91-113-117(107,108)114-93-96(115-99(104)87-84-81-78-75-72-69-66-63-60-57-54-50-42-39-36-33-30-27-24-21-18-15-12-9-6-3)92-110-98(103)86-83-80-77-74-71-68-65-62-59-56-52-49-41-38-35-32-29-26-23-20-17-14-11-8-5-2/h7,10,16-21,25-30,34-39,43-44,46-47,49-50,52,54,94-96,100-101H,4-6,8-9,11-15,22-24,31-33,40-42,45,48,51,53,55-93H2,1-3H3,(H,105,106)(H,107,108)/b10-7-,19-16-,20-17-,21-18-,28-25-,29-26-,30-27-,37-34-,38-35-,39-36-,44-43-,47-46-,52-49-,54-50-. The summed E-state index contributed by atoms with van der Waals surface area (Å²) in [4.78, 5) is 59.0. The zero-order valence-corrected chi connectivity index (χ0v) is 75.6. The number of hydrogen-bond acceptors (Lipinski definition) is 14. The fourth-order valence-corrected chi connectivity index (χ4v) is 14.0. The van der Waals surface area contributed by atoms with E-state index >= 15 is 0 Å². The van der Waals surface area contributed by atoms with Crippen LogP contribution in [0.2, 0.25) is 0 Å². The second kappa shape index (κ2) is 90.2. The molecule has 5 atom stereocenters. The van der Waals surface area contributed by atoms with Gasteiger partial charge < -0.3 is 34.2 Å². The van der Waals surface area contributed by atoms with Crippen LogP contribution in [0.1, 0.15) is 380 Å². The van der Waals surface area contributed by atoms with E-state index in [1.54, 1.807) is 0 Å². The molecule has 0 aromatic heterocycles. The number of carbonyl (C=O) groups excluding carboxylic acids is 3. The minimum atomic E-state index is -4.95.